The topological polar surface area (TPSA) is 56.7 Å². The second-order valence-electron chi connectivity index (χ2n) is 4.35. The van der Waals surface area contributed by atoms with Crippen molar-refractivity contribution in [1.29, 1.82) is 0 Å². The lowest BCUT2D eigenvalue weighted by atomic mass is 9.88. The van der Waals surface area contributed by atoms with Crippen molar-refractivity contribution in [2.24, 2.45) is 24.6 Å². The maximum atomic E-state index is 6.08. The molecule has 1 rings (SSSR count). The summed E-state index contributed by atoms with van der Waals surface area (Å²) in [6.45, 7) is 6.58. The normalized spacial score (nSPS) is 15.9. The minimum atomic E-state index is 0.173. The van der Waals surface area contributed by atoms with Crippen molar-refractivity contribution in [3.63, 3.8) is 0 Å². The molecule has 0 aliphatic rings. The number of hydrogen-bond donors (Lipinski definition) is 1. The quantitative estimate of drug-likeness (QED) is 0.781. The van der Waals surface area contributed by atoms with Crippen LogP contribution in [0, 0.1) is 11.8 Å². The van der Waals surface area contributed by atoms with Gasteiger partial charge in [0.2, 0.25) is 0 Å². The van der Waals surface area contributed by atoms with Crippen LogP contribution in [0.2, 0.25) is 0 Å². The zero-order valence-electron chi connectivity index (χ0n) is 9.44. The highest BCUT2D eigenvalue weighted by Crippen LogP contribution is 2.15. The minimum Gasteiger partial charge on any atom is -0.327 e. The predicted octanol–water partition coefficient (Wildman–Crippen LogP) is 0.977. The van der Waals surface area contributed by atoms with E-state index < -0.39 is 0 Å². The fraction of sp³-hybridized carbons (Fsp3) is 0.800. The van der Waals surface area contributed by atoms with Gasteiger partial charge in [-0.3, -0.25) is 4.68 Å². The van der Waals surface area contributed by atoms with Gasteiger partial charge in [-0.15, -0.1) is 5.10 Å². The van der Waals surface area contributed by atoms with E-state index in [2.05, 4.69) is 31.1 Å². The van der Waals surface area contributed by atoms with Crippen molar-refractivity contribution in [3.05, 3.63) is 11.9 Å². The average Bonchev–Trinajstić information content (AvgIpc) is 2.49. The summed E-state index contributed by atoms with van der Waals surface area (Å²) < 4.78 is 1.71. The average molecular weight is 196 g/mol. The summed E-state index contributed by atoms with van der Waals surface area (Å²) in [4.78, 5) is 0. The van der Waals surface area contributed by atoms with Gasteiger partial charge in [-0.2, -0.15) is 0 Å². The molecule has 80 valence electrons. The molecule has 0 spiro atoms. The molecule has 0 radical (unpaired) electrons. The predicted molar refractivity (Wildman–Crippen MR) is 56.7 cm³/mol. The second-order valence-corrected chi connectivity index (χ2v) is 4.35. The fourth-order valence-electron chi connectivity index (χ4n) is 1.41. The largest absolute Gasteiger partial charge is 0.327 e. The number of hydrogen-bond acceptors (Lipinski definition) is 3. The van der Waals surface area contributed by atoms with E-state index in [1.54, 1.807) is 4.68 Å². The maximum Gasteiger partial charge on any atom is 0.0842 e. The van der Waals surface area contributed by atoms with Crippen LogP contribution in [0.1, 0.15) is 26.5 Å². The molecule has 0 amide bonds. The molecular formula is C10H20N4. The highest BCUT2D eigenvalue weighted by molar-refractivity contribution is 4.96. The Balaban J connectivity index is 2.52. The van der Waals surface area contributed by atoms with Gasteiger partial charge in [-0.1, -0.05) is 26.0 Å². The summed E-state index contributed by atoms with van der Waals surface area (Å²) in [6.07, 6.45) is 2.74. The molecule has 0 saturated carbocycles. The van der Waals surface area contributed by atoms with Crippen molar-refractivity contribution in [2.45, 2.75) is 33.2 Å². The van der Waals surface area contributed by atoms with E-state index in [0.717, 1.165) is 12.1 Å². The molecule has 0 fully saturated rings. The highest BCUT2D eigenvalue weighted by atomic mass is 15.4. The van der Waals surface area contributed by atoms with Crippen LogP contribution >= 0.6 is 0 Å². The summed E-state index contributed by atoms with van der Waals surface area (Å²) in [5.74, 6) is 1.12. The first-order valence-electron chi connectivity index (χ1n) is 5.11. The number of nitrogens with zero attached hydrogens (tertiary/aromatic N) is 3. The first kappa shape index (κ1) is 11.2. The van der Waals surface area contributed by atoms with E-state index in [1.807, 2.05) is 13.2 Å². The van der Waals surface area contributed by atoms with Crippen LogP contribution in [0.4, 0.5) is 0 Å². The van der Waals surface area contributed by atoms with Crippen LogP contribution in [0.15, 0.2) is 6.20 Å². The third-order valence-corrected chi connectivity index (χ3v) is 2.82. The Bertz CT molecular complexity index is 279. The third-order valence-electron chi connectivity index (χ3n) is 2.82. The van der Waals surface area contributed by atoms with Gasteiger partial charge in [0.15, 0.2) is 0 Å². The molecule has 0 bridgehead atoms. The SMILES string of the molecule is CC(C)C(C)C(N)Cc1cn(C)nn1. The van der Waals surface area contributed by atoms with Gasteiger partial charge in [-0.25, -0.2) is 0 Å². The molecule has 0 aliphatic heterocycles. The smallest absolute Gasteiger partial charge is 0.0842 e. The number of aryl methyl sites for hydroxylation is 1. The van der Waals surface area contributed by atoms with E-state index in [0.29, 0.717) is 11.8 Å². The Morgan fingerprint density at radius 1 is 1.43 bits per heavy atom. The Morgan fingerprint density at radius 3 is 2.50 bits per heavy atom. The standard InChI is InChI=1S/C10H20N4/c1-7(2)8(3)10(11)5-9-6-14(4)13-12-9/h6-8,10H,5,11H2,1-4H3. The Labute approximate surface area is 85.5 Å². The van der Waals surface area contributed by atoms with Crippen molar-refractivity contribution in [1.82, 2.24) is 15.0 Å². The van der Waals surface area contributed by atoms with Gasteiger partial charge in [0.25, 0.3) is 0 Å². The zero-order valence-corrected chi connectivity index (χ0v) is 9.44. The first-order chi connectivity index (χ1) is 6.50. The summed E-state index contributed by atoms with van der Waals surface area (Å²) in [5.41, 5.74) is 7.06. The van der Waals surface area contributed by atoms with Crippen LogP contribution < -0.4 is 5.73 Å². The van der Waals surface area contributed by atoms with E-state index in [1.165, 1.54) is 0 Å². The third kappa shape index (κ3) is 2.80. The lowest BCUT2D eigenvalue weighted by molar-refractivity contribution is 0.343. The Kier molecular flexibility index (Phi) is 3.63. The summed E-state index contributed by atoms with van der Waals surface area (Å²) in [6, 6.07) is 0.173. The molecule has 1 aromatic heterocycles. The molecule has 0 aromatic carbocycles. The number of rotatable bonds is 4. The maximum absolute atomic E-state index is 6.08. The highest BCUT2D eigenvalue weighted by Gasteiger charge is 2.17. The molecule has 2 unspecified atom stereocenters. The van der Waals surface area contributed by atoms with Crippen LogP contribution in [0.25, 0.3) is 0 Å². The van der Waals surface area contributed by atoms with Gasteiger partial charge in [0, 0.05) is 25.7 Å². The van der Waals surface area contributed by atoms with Gasteiger partial charge in [0.1, 0.15) is 0 Å². The van der Waals surface area contributed by atoms with Gasteiger partial charge >= 0.3 is 0 Å². The van der Waals surface area contributed by atoms with Crippen LogP contribution in [-0.2, 0) is 13.5 Å². The molecule has 14 heavy (non-hydrogen) atoms. The molecule has 4 nitrogen and oxygen atoms in total. The fourth-order valence-corrected chi connectivity index (χ4v) is 1.41. The van der Waals surface area contributed by atoms with Gasteiger partial charge < -0.3 is 5.73 Å². The monoisotopic (exact) mass is 196 g/mol. The van der Waals surface area contributed by atoms with Crippen molar-refractivity contribution < 1.29 is 0 Å². The first-order valence-corrected chi connectivity index (χ1v) is 5.11. The van der Waals surface area contributed by atoms with E-state index in [4.69, 9.17) is 5.73 Å². The van der Waals surface area contributed by atoms with Crippen molar-refractivity contribution in [2.75, 3.05) is 0 Å². The Hall–Kier alpha value is -0.900. The van der Waals surface area contributed by atoms with E-state index >= 15 is 0 Å². The number of nitrogens with two attached hydrogens (primary N) is 1. The molecular weight excluding hydrogens is 176 g/mol. The summed E-state index contributed by atoms with van der Waals surface area (Å²) in [7, 11) is 1.87. The number of aromatic nitrogens is 3. The summed E-state index contributed by atoms with van der Waals surface area (Å²) >= 11 is 0. The summed E-state index contributed by atoms with van der Waals surface area (Å²) in [5, 5.41) is 7.92. The second kappa shape index (κ2) is 4.55. The van der Waals surface area contributed by atoms with E-state index in [-0.39, 0.29) is 6.04 Å². The van der Waals surface area contributed by atoms with Crippen LogP contribution in [0.5, 0.6) is 0 Å². The van der Waals surface area contributed by atoms with E-state index in [9.17, 15) is 0 Å². The van der Waals surface area contributed by atoms with Crippen LogP contribution in [0.3, 0.4) is 0 Å². The lowest BCUT2D eigenvalue weighted by Gasteiger charge is -2.22. The van der Waals surface area contributed by atoms with Crippen LogP contribution in [-0.4, -0.2) is 21.0 Å². The molecule has 2 atom stereocenters. The Morgan fingerprint density at radius 2 is 2.07 bits per heavy atom. The van der Waals surface area contributed by atoms with Crippen molar-refractivity contribution >= 4 is 0 Å². The molecule has 4 heteroatoms. The lowest BCUT2D eigenvalue weighted by Crippen LogP contribution is -2.33. The minimum absolute atomic E-state index is 0.173. The molecule has 1 aromatic rings. The van der Waals surface area contributed by atoms with Gasteiger partial charge in [0.05, 0.1) is 5.69 Å². The molecule has 0 saturated heterocycles. The molecule has 1 heterocycles. The molecule has 2 N–H and O–H groups in total. The molecule has 0 aliphatic carbocycles. The zero-order chi connectivity index (χ0) is 10.7. The van der Waals surface area contributed by atoms with Crippen molar-refractivity contribution in [3.8, 4) is 0 Å². The van der Waals surface area contributed by atoms with Gasteiger partial charge in [-0.05, 0) is 11.8 Å².